The van der Waals surface area contributed by atoms with Crippen LogP contribution in [-0.4, -0.2) is 26.1 Å². The lowest BCUT2D eigenvalue weighted by atomic mass is 10.2. The van der Waals surface area contributed by atoms with Gasteiger partial charge in [-0.25, -0.2) is 0 Å². The van der Waals surface area contributed by atoms with Crippen LogP contribution in [0.1, 0.15) is 19.3 Å². The average molecular weight is 248 g/mol. The highest BCUT2D eigenvalue weighted by molar-refractivity contribution is 5.95. The second kappa shape index (κ2) is 5.87. The normalized spacial score (nSPS) is 14.3. The maximum Gasteiger partial charge on any atom is 0.229 e. The van der Waals surface area contributed by atoms with E-state index in [1.807, 2.05) is 31.3 Å². The maximum absolute atomic E-state index is 11.9. The van der Waals surface area contributed by atoms with Crippen molar-refractivity contribution in [2.24, 2.45) is 11.7 Å². The third-order valence-electron chi connectivity index (χ3n) is 3.10. The first-order chi connectivity index (χ1) is 8.72. The first-order valence-electron chi connectivity index (χ1n) is 6.43. The zero-order valence-electron chi connectivity index (χ0n) is 10.8. The van der Waals surface area contributed by atoms with E-state index >= 15 is 0 Å². The summed E-state index contributed by atoms with van der Waals surface area (Å²) in [7, 11) is 1.82. The Morgan fingerprint density at radius 3 is 2.61 bits per heavy atom. The Hall–Kier alpha value is -1.55. The smallest absolute Gasteiger partial charge is 0.229 e. The van der Waals surface area contributed by atoms with Gasteiger partial charge in [0.25, 0.3) is 0 Å². The van der Waals surface area contributed by atoms with Gasteiger partial charge in [-0.1, -0.05) is 0 Å². The molecule has 2 rings (SSSR count). The number of rotatable bonds is 6. The van der Waals surface area contributed by atoms with Crippen LogP contribution >= 0.6 is 0 Å². The van der Waals surface area contributed by atoms with Gasteiger partial charge in [0.15, 0.2) is 0 Å². The molecule has 1 saturated carbocycles. The summed E-state index contributed by atoms with van der Waals surface area (Å²) >= 11 is 0. The van der Waals surface area contributed by atoms with Gasteiger partial charge in [0.05, 0.1) is 6.61 Å². The molecule has 2 N–H and O–H groups in total. The molecule has 18 heavy (non-hydrogen) atoms. The number of benzene rings is 1. The Bertz CT molecular complexity index is 399. The molecule has 0 saturated heterocycles. The van der Waals surface area contributed by atoms with Crippen molar-refractivity contribution in [1.82, 2.24) is 0 Å². The minimum Gasteiger partial charge on any atom is -0.494 e. The molecule has 4 heteroatoms. The molecule has 0 aliphatic heterocycles. The van der Waals surface area contributed by atoms with Gasteiger partial charge in [-0.2, -0.15) is 0 Å². The van der Waals surface area contributed by atoms with E-state index in [-0.39, 0.29) is 11.8 Å². The number of nitrogens with zero attached hydrogens (tertiary/aromatic N) is 1. The number of ether oxygens (including phenoxy) is 1. The fourth-order valence-electron chi connectivity index (χ4n) is 1.77. The first kappa shape index (κ1) is 12.9. The molecule has 98 valence electrons. The molecule has 0 spiro atoms. The number of carbonyl (C=O) groups excluding carboxylic acids is 1. The van der Waals surface area contributed by atoms with E-state index in [2.05, 4.69) is 0 Å². The molecule has 1 fully saturated rings. The molecular weight excluding hydrogens is 228 g/mol. The van der Waals surface area contributed by atoms with Gasteiger partial charge in [-0.05, 0) is 50.1 Å². The van der Waals surface area contributed by atoms with Gasteiger partial charge in [-0.15, -0.1) is 0 Å². The van der Waals surface area contributed by atoms with Crippen LogP contribution in [0.15, 0.2) is 24.3 Å². The van der Waals surface area contributed by atoms with Crippen molar-refractivity contribution in [3.05, 3.63) is 24.3 Å². The Labute approximate surface area is 108 Å². The van der Waals surface area contributed by atoms with Gasteiger partial charge >= 0.3 is 0 Å². The highest BCUT2D eigenvalue weighted by Crippen LogP contribution is 2.32. The van der Waals surface area contributed by atoms with E-state index in [9.17, 15) is 4.79 Å². The number of hydrogen-bond acceptors (Lipinski definition) is 3. The second-order valence-electron chi connectivity index (χ2n) is 4.66. The van der Waals surface area contributed by atoms with E-state index in [1.54, 1.807) is 4.90 Å². The molecule has 1 aliphatic rings. The van der Waals surface area contributed by atoms with Gasteiger partial charge in [0.1, 0.15) is 5.75 Å². The summed E-state index contributed by atoms with van der Waals surface area (Å²) in [6, 6.07) is 7.61. The topological polar surface area (TPSA) is 55.6 Å². The molecule has 0 heterocycles. The average Bonchev–Trinajstić information content (AvgIpc) is 3.22. The monoisotopic (exact) mass is 248 g/mol. The summed E-state index contributed by atoms with van der Waals surface area (Å²) in [6.45, 7) is 1.27. The number of hydrogen-bond donors (Lipinski definition) is 1. The van der Waals surface area contributed by atoms with Crippen LogP contribution in [0.5, 0.6) is 5.75 Å². The van der Waals surface area contributed by atoms with Crippen LogP contribution in [-0.2, 0) is 4.79 Å². The molecule has 0 radical (unpaired) electrons. The minimum atomic E-state index is 0.215. The van der Waals surface area contributed by atoms with Crippen LogP contribution in [0.25, 0.3) is 0 Å². The molecule has 1 aliphatic carbocycles. The van der Waals surface area contributed by atoms with Gasteiger partial charge in [0.2, 0.25) is 5.91 Å². The number of amides is 1. The highest BCUT2D eigenvalue weighted by Gasteiger charge is 2.32. The molecule has 1 amide bonds. The Balaban J connectivity index is 1.91. The van der Waals surface area contributed by atoms with Crippen LogP contribution in [0.2, 0.25) is 0 Å². The van der Waals surface area contributed by atoms with Crippen molar-refractivity contribution in [3.8, 4) is 5.75 Å². The molecule has 0 atom stereocenters. The summed E-state index contributed by atoms with van der Waals surface area (Å²) in [5.41, 5.74) is 6.31. The zero-order valence-corrected chi connectivity index (χ0v) is 10.8. The fourth-order valence-corrected chi connectivity index (χ4v) is 1.77. The zero-order chi connectivity index (χ0) is 13.0. The SMILES string of the molecule is CN(C(=O)C1CC1)c1ccc(OCCCN)cc1. The van der Waals surface area contributed by atoms with E-state index < -0.39 is 0 Å². The third kappa shape index (κ3) is 3.23. The summed E-state index contributed by atoms with van der Waals surface area (Å²) < 4.78 is 5.52. The molecule has 1 aromatic carbocycles. The lowest BCUT2D eigenvalue weighted by Gasteiger charge is -2.17. The molecule has 0 unspecified atom stereocenters. The number of nitrogens with two attached hydrogens (primary N) is 1. The summed E-state index contributed by atoms with van der Waals surface area (Å²) in [4.78, 5) is 13.6. The van der Waals surface area contributed by atoms with Crippen LogP contribution in [0.3, 0.4) is 0 Å². The predicted octanol–water partition coefficient (Wildman–Crippen LogP) is 1.79. The van der Waals surface area contributed by atoms with Crippen molar-refractivity contribution < 1.29 is 9.53 Å². The Morgan fingerprint density at radius 1 is 1.39 bits per heavy atom. The Kier molecular flexibility index (Phi) is 4.20. The van der Waals surface area contributed by atoms with E-state index in [4.69, 9.17) is 10.5 Å². The van der Waals surface area contributed by atoms with Crippen molar-refractivity contribution >= 4 is 11.6 Å². The second-order valence-corrected chi connectivity index (χ2v) is 4.66. The number of carbonyl (C=O) groups is 1. The summed E-state index contributed by atoms with van der Waals surface area (Å²) in [6.07, 6.45) is 2.91. The lowest BCUT2D eigenvalue weighted by molar-refractivity contribution is -0.119. The van der Waals surface area contributed by atoms with Gasteiger partial charge in [-0.3, -0.25) is 4.79 Å². The Morgan fingerprint density at radius 2 is 2.06 bits per heavy atom. The van der Waals surface area contributed by atoms with Crippen molar-refractivity contribution in [1.29, 1.82) is 0 Å². The van der Waals surface area contributed by atoms with Crippen LogP contribution in [0, 0.1) is 5.92 Å². The van der Waals surface area contributed by atoms with Crippen molar-refractivity contribution in [2.75, 3.05) is 25.1 Å². The van der Waals surface area contributed by atoms with Crippen molar-refractivity contribution in [2.45, 2.75) is 19.3 Å². The van der Waals surface area contributed by atoms with Crippen LogP contribution < -0.4 is 15.4 Å². The third-order valence-corrected chi connectivity index (χ3v) is 3.10. The lowest BCUT2D eigenvalue weighted by Crippen LogP contribution is -2.27. The molecule has 0 bridgehead atoms. The molecule has 0 aromatic heterocycles. The van der Waals surface area contributed by atoms with E-state index in [1.165, 1.54) is 0 Å². The van der Waals surface area contributed by atoms with Gasteiger partial charge in [0, 0.05) is 18.7 Å². The van der Waals surface area contributed by atoms with E-state index in [0.717, 1.165) is 30.7 Å². The first-order valence-corrected chi connectivity index (χ1v) is 6.43. The van der Waals surface area contributed by atoms with Crippen LogP contribution in [0.4, 0.5) is 5.69 Å². The number of anilines is 1. The summed E-state index contributed by atoms with van der Waals surface area (Å²) in [5, 5.41) is 0. The van der Waals surface area contributed by atoms with E-state index in [0.29, 0.717) is 13.2 Å². The van der Waals surface area contributed by atoms with Crippen molar-refractivity contribution in [3.63, 3.8) is 0 Å². The highest BCUT2D eigenvalue weighted by atomic mass is 16.5. The minimum absolute atomic E-state index is 0.215. The molecule has 4 nitrogen and oxygen atoms in total. The molecule has 1 aromatic rings. The summed E-state index contributed by atoms with van der Waals surface area (Å²) in [5.74, 6) is 1.28. The standard InChI is InChI=1S/C14H20N2O2/c1-16(14(17)11-3-4-11)12-5-7-13(8-6-12)18-10-2-9-15/h5-8,11H,2-4,9-10,15H2,1H3. The predicted molar refractivity (Wildman–Crippen MR) is 71.7 cm³/mol. The van der Waals surface area contributed by atoms with Gasteiger partial charge < -0.3 is 15.4 Å². The molecular formula is C14H20N2O2. The quantitative estimate of drug-likeness (QED) is 0.781. The fraction of sp³-hybridized carbons (Fsp3) is 0.500. The largest absolute Gasteiger partial charge is 0.494 e. The maximum atomic E-state index is 11.9.